The molecule has 0 spiro atoms. The SMILES string of the molecule is CC(C)COC(=O)n1cc(-c2ccsc2C(F)(F)F)c2cc(F)cnc21. The van der Waals surface area contributed by atoms with Crippen LogP contribution in [0, 0.1) is 11.7 Å². The van der Waals surface area contributed by atoms with Crippen LogP contribution in [0.15, 0.2) is 29.9 Å². The zero-order chi connectivity index (χ0) is 19.1. The number of fused-ring (bicyclic) bond motifs is 1. The van der Waals surface area contributed by atoms with Gasteiger partial charge >= 0.3 is 12.3 Å². The fourth-order valence-electron chi connectivity index (χ4n) is 2.48. The second-order valence-corrected chi connectivity index (χ2v) is 6.99. The van der Waals surface area contributed by atoms with Crippen molar-refractivity contribution >= 4 is 28.5 Å². The fourth-order valence-corrected chi connectivity index (χ4v) is 3.26. The molecule has 0 aliphatic rings. The highest BCUT2D eigenvalue weighted by atomic mass is 32.1. The van der Waals surface area contributed by atoms with Crippen molar-refractivity contribution in [1.29, 1.82) is 0 Å². The van der Waals surface area contributed by atoms with Crippen LogP contribution in [0.25, 0.3) is 22.2 Å². The highest BCUT2D eigenvalue weighted by Gasteiger charge is 2.36. The average Bonchev–Trinajstić information content (AvgIpc) is 3.16. The molecule has 0 radical (unpaired) electrons. The van der Waals surface area contributed by atoms with Gasteiger partial charge in [0.25, 0.3) is 0 Å². The smallest absolute Gasteiger partial charge is 0.426 e. The molecule has 3 rings (SSSR count). The lowest BCUT2D eigenvalue weighted by atomic mass is 10.1. The van der Waals surface area contributed by atoms with Crippen LogP contribution in [0.3, 0.4) is 0 Å². The number of alkyl halides is 3. The van der Waals surface area contributed by atoms with Gasteiger partial charge in [-0.05, 0) is 23.4 Å². The van der Waals surface area contributed by atoms with Crippen LogP contribution in [-0.4, -0.2) is 22.3 Å². The molecular weight excluding hydrogens is 372 g/mol. The van der Waals surface area contributed by atoms with E-state index in [0.29, 0.717) is 11.3 Å². The maximum Gasteiger partial charge on any atom is 0.426 e. The Morgan fingerprint density at radius 1 is 1.35 bits per heavy atom. The van der Waals surface area contributed by atoms with Crippen LogP contribution < -0.4 is 0 Å². The summed E-state index contributed by atoms with van der Waals surface area (Å²) in [5, 5.41) is 1.40. The fraction of sp³-hybridized carbons (Fsp3) is 0.294. The zero-order valence-electron chi connectivity index (χ0n) is 13.8. The number of halogens is 4. The summed E-state index contributed by atoms with van der Waals surface area (Å²) in [4.78, 5) is 15.3. The molecule has 0 saturated carbocycles. The first-order valence-electron chi connectivity index (χ1n) is 7.67. The van der Waals surface area contributed by atoms with E-state index in [-0.39, 0.29) is 34.7 Å². The first kappa shape index (κ1) is 18.4. The van der Waals surface area contributed by atoms with Crippen LogP contribution in [0.5, 0.6) is 0 Å². The molecule has 0 aromatic carbocycles. The zero-order valence-corrected chi connectivity index (χ0v) is 14.6. The van der Waals surface area contributed by atoms with Crippen molar-refractivity contribution in [1.82, 2.24) is 9.55 Å². The Morgan fingerprint density at radius 2 is 2.08 bits per heavy atom. The number of hydrogen-bond donors (Lipinski definition) is 0. The molecule has 3 aromatic rings. The third-order valence-electron chi connectivity index (χ3n) is 3.56. The molecule has 26 heavy (non-hydrogen) atoms. The molecule has 9 heteroatoms. The van der Waals surface area contributed by atoms with Gasteiger partial charge in [0.2, 0.25) is 0 Å². The number of rotatable bonds is 3. The number of thiophene rings is 1. The predicted octanol–water partition coefficient (Wildman–Crippen LogP) is 5.56. The van der Waals surface area contributed by atoms with Gasteiger partial charge in [-0.2, -0.15) is 13.2 Å². The Morgan fingerprint density at radius 3 is 2.73 bits per heavy atom. The lowest BCUT2D eigenvalue weighted by Gasteiger charge is -2.08. The molecule has 0 amide bonds. The summed E-state index contributed by atoms with van der Waals surface area (Å²) < 4.78 is 59.5. The van der Waals surface area contributed by atoms with Crippen LogP contribution in [0.1, 0.15) is 18.7 Å². The molecule has 4 nitrogen and oxygen atoms in total. The highest BCUT2D eigenvalue weighted by Crippen LogP contribution is 2.43. The Kier molecular flexibility index (Phi) is 4.74. The lowest BCUT2D eigenvalue weighted by molar-refractivity contribution is -0.133. The largest absolute Gasteiger partial charge is 0.449 e. The van der Waals surface area contributed by atoms with Crippen molar-refractivity contribution in [2.75, 3.05) is 6.61 Å². The third-order valence-corrected chi connectivity index (χ3v) is 4.52. The predicted molar refractivity (Wildman–Crippen MR) is 89.6 cm³/mol. The van der Waals surface area contributed by atoms with Gasteiger partial charge in [-0.25, -0.2) is 18.7 Å². The van der Waals surface area contributed by atoms with Crippen molar-refractivity contribution in [2.45, 2.75) is 20.0 Å². The van der Waals surface area contributed by atoms with Crippen LogP contribution in [0.2, 0.25) is 0 Å². The van der Waals surface area contributed by atoms with Crippen LogP contribution in [0.4, 0.5) is 22.4 Å². The summed E-state index contributed by atoms with van der Waals surface area (Å²) in [5.74, 6) is -0.629. The summed E-state index contributed by atoms with van der Waals surface area (Å²) in [6.45, 7) is 3.84. The van der Waals surface area contributed by atoms with E-state index >= 15 is 0 Å². The normalized spacial score (nSPS) is 12.1. The van der Waals surface area contributed by atoms with Gasteiger partial charge < -0.3 is 4.74 Å². The average molecular weight is 386 g/mol. The molecular formula is C17H14F4N2O2S. The van der Waals surface area contributed by atoms with E-state index in [4.69, 9.17) is 4.74 Å². The molecule has 3 aromatic heterocycles. The van der Waals surface area contributed by atoms with Gasteiger partial charge in [-0.3, -0.25) is 0 Å². The topological polar surface area (TPSA) is 44.1 Å². The van der Waals surface area contributed by atoms with Gasteiger partial charge in [0.1, 0.15) is 16.3 Å². The van der Waals surface area contributed by atoms with Crippen molar-refractivity contribution < 1.29 is 27.1 Å². The van der Waals surface area contributed by atoms with Gasteiger partial charge in [-0.15, -0.1) is 11.3 Å². The first-order chi connectivity index (χ1) is 12.2. The standard InChI is InChI=1S/C17H14F4N2O2S/c1-9(2)8-25-16(24)23-7-13(12-5-10(18)6-22-15(12)23)11-3-4-26-14(11)17(19,20)21/h3-7,9H,8H2,1-2H3. The molecule has 0 saturated heterocycles. The molecule has 0 N–H and O–H groups in total. The van der Waals surface area contributed by atoms with Crippen LogP contribution in [-0.2, 0) is 10.9 Å². The minimum Gasteiger partial charge on any atom is -0.449 e. The molecule has 0 aliphatic carbocycles. The van der Waals surface area contributed by atoms with Crippen molar-refractivity contribution in [2.24, 2.45) is 5.92 Å². The summed E-state index contributed by atoms with van der Waals surface area (Å²) >= 11 is 0.531. The van der Waals surface area contributed by atoms with Gasteiger partial charge in [0.05, 0.1) is 12.8 Å². The van der Waals surface area contributed by atoms with E-state index in [1.165, 1.54) is 17.6 Å². The Bertz CT molecular complexity index is 959. The first-order valence-corrected chi connectivity index (χ1v) is 8.55. The second-order valence-electron chi connectivity index (χ2n) is 6.07. The molecule has 138 valence electrons. The van der Waals surface area contributed by atoms with E-state index in [9.17, 15) is 22.4 Å². The van der Waals surface area contributed by atoms with Crippen LogP contribution >= 0.6 is 11.3 Å². The van der Waals surface area contributed by atoms with Crippen molar-refractivity contribution in [3.05, 3.63) is 40.6 Å². The van der Waals surface area contributed by atoms with E-state index in [0.717, 1.165) is 16.8 Å². The number of nitrogens with zero attached hydrogens (tertiary/aromatic N) is 2. The van der Waals surface area contributed by atoms with E-state index in [2.05, 4.69) is 4.98 Å². The van der Waals surface area contributed by atoms with Gasteiger partial charge in [0.15, 0.2) is 0 Å². The Balaban J connectivity index is 2.17. The summed E-state index contributed by atoms with van der Waals surface area (Å²) in [5.41, 5.74) is -0.0214. The summed E-state index contributed by atoms with van der Waals surface area (Å²) in [7, 11) is 0. The third kappa shape index (κ3) is 3.44. The van der Waals surface area contributed by atoms with E-state index < -0.39 is 23.0 Å². The van der Waals surface area contributed by atoms with E-state index in [1.54, 1.807) is 0 Å². The quantitative estimate of drug-likeness (QED) is 0.553. The Hall–Kier alpha value is -2.42. The number of aromatic nitrogens is 2. The minimum absolute atomic E-state index is 0.0366. The number of carbonyl (C=O) groups is 1. The summed E-state index contributed by atoms with van der Waals surface area (Å²) in [6.07, 6.45) is -3.23. The lowest BCUT2D eigenvalue weighted by Crippen LogP contribution is -2.16. The molecule has 0 atom stereocenters. The van der Waals surface area contributed by atoms with Gasteiger partial charge in [-0.1, -0.05) is 13.8 Å². The number of carbonyl (C=O) groups excluding carboxylic acids is 1. The second kappa shape index (κ2) is 6.71. The van der Waals surface area contributed by atoms with Crippen molar-refractivity contribution in [3.63, 3.8) is 0 Å². The number of hydrogen-bond acceptors (Lipinski definition) is 4. The minimum atomic E-state index is -4.56. The Labute approximate surface area is 150 Å². The molecule has 0 aliphatic heterocycles. The van der Waals surface area contributed by atoms with Gasteiger partial charge in [0, 0.05) is 22.7 Å². The van der Waals surface area contributed by atoms with Crippen molar-refractivity contribution in [3.8, 4) is 11.1 Å². The molecule has 3 heterocycles. The van der Waals surface area contributed by atoms with E-state index in [1.807, 2.05) is 13.8 Å². The number of ether oxygens (including phenoxy) is 1. The monoisotopic (exact) mass is 386 g/mol. The highest BCUT2D eigenvalue weighted by molar-refractivity contribution is 7.10. The maximum absolute atomic E-state index is 13.6. The number of pyridine rings is 1. The molecule has 0 unspecified atom stereocenters. The molecule has 0 fully saturated rings. The summed E-state index contributed by atoms with van der Waals surface area (Å²) in [6, 6.07) is 2.35. The maximum atomic E-state index is 13.6. The molecule has 0 bridgehead atoms.